The van der Waals surface area contributed by atoms with Crippen LogP contribution in [0.2, 0.25) is 0 Å². The number of hydrogen-bond donors (Lipinski definition) is 3. The summed E-state index contributed by atoms with van der Waals surface area (Å²) >= 11 is 0. The van der Waals surface area contributed by atoms with E-state index in [-0.39, 0.29) is 25.1 Å². The van der Waals surface area contributed by atoms with Gasteiger partial charge in [0, 0.05) is 31.7 Å². The number of aryl methyl sites for hydroxylation is 1. The zero-order chi connectivity index (χ0) is 35.8. The molecule has 1 saturated heterocycles. The number of imide groups is 1. The minimum Gasteiger partial charge on any atom is -0.390 e. The van der Waals surface area contributed by atoms with E-state index in [0.717, 1.165) is 35.1 Å². The summed E-state index contributed by atoms with van der Waals surface area (Å²) in [4.78, 5) is 42.8. The van der Waals surface area contributed by atoms with Crippen LogP contribution in [0, 0.1) is 17.6 Å². The lowest BCUT2D eigenvalue weighted by atomic mass is 10.00. The van der Waals surface area contributed by atoms with Crippen molar-refractivity contribution in [1.29, 1.82) is 0 Å². The lowest BCUT2D eigenvalue weighted by Gasteiger charge is -2.33. The first-order valence-electron chi connectivity index (χ1n) is 16.6. The summed E-state index contributed by atoms with van der Waals surface area (Å²) < 4.78 is 55.4. The molecule has 4 amide bonds. The van der Waals surface area contributed by atoms with E-state index >= 15 is 0 Å². The summed E-state index contributed by atoms with van der Waals surface area (Å²) in [5, 5.41) is 13.1. The van der Waals surface area contributed by atoms with E-state index in [0.29, 0.717) is 31.2 Å². The van der Waals surface area contributed by atoms with Crippen molar-refractivity contribution in [2.45, 2.75) is 103 Å². The zero-order valence-corrected chi connectivity index (χ0v) is 29.4. The van der Waals surface area contributed by atoms with Crippen molar-refractivity contribution in [2.75, 3.05) is 18.8 Å². The van der Waals surface area contributed by atoms with Crippen molar-refractivity contribution in [1.82, 2.24) is 15.1 Å². The molecule has 3 rings (SSSR count). The average Bonchev–Trinajstić information content (AvgIpc) is 3.20. The Bertz CT molecular complexity index is 1530. The van der Waals surface area contributed by atoms with Gasteiger partial charge in [0.25, 0.3) is 5.91 Å². The van der Waals surface area contributed by atoms with Gasteiger partial charge in [-0.15, -0.1) is 0 Å². The summed E-state index contributed by atoms with van der Waals surface area (Å²) in [7, 11) is -3.88. The molecule has 1 fully saturated rings. The van der Waals surface area contributed by atoms with Crippen LogP contribution in [0.3, 0.4) is 0 Å². The Labute approximate surface area is 283 Å². The van der Waals surface area contributed by atoms with Crippen LogP contribution in [0.25, 0.3) is 0 Å². The molecule has 0 saturated carbocycles. The van der Waals surface area contributed by atoms with Crippen LogP contribution in [0.5, 0.6) is 0 Å². The van der Waals surface area contributed by atoms with Crippen molar-refractivity contribution >= 4 is 27.7 Å². The fraction of sp³-hybridized carbons (Fsp3) is 0.571. The van der Waals surface area contributed by atoms with Crippen molar-refractivity contribution in [3.8, 4) is 0 Å². The van der Waals surface area contributed by atoms with Gasteiger partial charge in [0.05, 0.1) is 23.0 Å². The summed E-state index contributed by atoms with van der Waals surface area (Å²) in [5.41, 5.74) is 6.97. The molecule has 0 spiro atoms. The van der Waals surface area contributed by atoms with Crippen LogP contribution in [0.15, 0.2) is 42.5 Å². The lowest BCUT2D eigenvalue weighted by Crippen LogP contribution is -2.51. The molecule has 0 aliphatic carbocycles. The minimum absolute atomic E-state index is 0.0272. The minimum atomic E-state index is -3.88. The number of nitrogens with zero attached hydrogens (tertiary/aromatic N) is 2. The second kappa shape index (κ2) is 16.8. The summed E-state index contributed by atoms with van der Waals surface area (Å²) in [6.07, 6.45) is 1.26. The number of carbonyl (C=O) groups excluding carboxylic acids is 3. The predicted molar refractivity (Wildman–Crippen MR) is 180 cm³/mol. The molecule has 266 valence electrons. The van der Waals surface area contributed by atoms with Gasteiger partial charge in [0.15, 0.2) is 9.84 Å². The molecule has 2 aromatic rings. The van der Waals surface area contributed by atoms with E-state index in [1.165, 1.54) is 18.7 Å². The Kier molecular flexibility index (Phi) is 13.7. The highest BCUT2D eigenvalue weighted by Crippen LogP contribution is 2.25. The largest absolute Gasteiger partial charge is 0.390 e. The zero-order valence-electron chi connectivity index (χ0n) is 28.5. The van der Waals surface area contributed by atoms with Gasteiger partial charge >= 0.3 is 6.03 Å². The number of carbonyl (C=O) groups is 3. The second-order valence-corrected chi connectivity index (χ2v) is 15.6. The maximum absolute atomic E-state index is 14.5. The highest BCUT2D eigenvalue weighted by Gasteiger charge is 2.47. The van der Waals surface area contributed by atoms with E-state index in [2.05, 4.69) is 5.32 Å². The molecule has 2 aromatic carbocycles. The Morgan fingerprint density at radius 1 is 1.00 bits per heavy atom. The number of urea groups is 1. The number of nitrogens with two attached hydrogens (primary N) is 1. The van der Waals surface area contributed by atoms with Crippen molar-refractivity contribution in [3.63, 3.8) is 0 Å². The highest BCUT2D eigenvalue weighted by molar-refractivity contribution is 7.92. The number of hydrogen-bond acceptors (Lipinski definition) is 7. The molecular weight excluding hydrogens is 642 g/mol. The van der Waals surface area contributed by atoms with Gasteiger partial charge in [0.1, 0.15) is 17.2 Å². The lowest BCUT2D eigenvalue weighted by molar-refractivity contribution is -0.138. The number of amides is 4. The Morgan fingerprint density at radius 3 is 2.15 bits per heavy atom. The molecule has 48 heavy (non-hydrogen) atoms. The maximum atomic E-state index is 14.5. The van der Waals surface area contributed by atoms with Crippen LogP contribution in [-0.4, -0.2) is 82.9 Å². The summed E-state index contributed by atoms with van der Waals surface area (Å²) in [5.74, 6) is -4.81. The topological polar surface area (TPSA) is 150 Å². The van der Waals surface area contributed by atoms with Crippen molar-refractivity contribution < 1.29 is 36.7 Å². The number of aliphatic hydroxyl groups is 1. The number of nitrogens with one attached hydrogen (secondary N) is 1. The fourth-order valence-corrected chi connectivity index (χ4v) is 8.40. The molecule has 1 unspecified atom stereocenters. The van der Waals surface area contributed by atoms with E-state index in [1.54, 1.807) is 6.07 Å². The SMILES string of the molecule is CCCC(CCC)S(=O)(=O)CC(CN1C(=O)NC(C)(C)C1=O)C(=O)N(Cc1cccc(CC)c1)C[C@@H](O)[C@@H](N)Cc1cc(F)cc(F)c1. The standard InChI is InChI=1S/C35H50F2N4O6S/c1-6-10-29(11-7-2)48(46,47)22-26(20-41-33(44)35(4,5)39-34(41)45)32(43)40(19-24-13-9-12-23(8-3)14-24)21-31(42)30(38)17-25-15-27(36)18-28(37)16-25/h9,12-16,18,26,29-31,42H,6-8,10-11,17,19-22,38H2,1-5H3,(H,39,45)/t26?,30-,31+/m0/s1. The molecule has 13 heteroatoms. The highest BCUT2D eigenvalue weighted by atomic mass is 32.2. The van der Waals surface area contributed by atoms with Gasteiger partial charge in [-0.1, -0.05) is 57.9 Å². The van der Waals surface area contributed by atoms with Gasteiger partial charge in [-0.05, 0) is 68.4 Å². The molecule has 0 bridgehead atoms. The fourth-order valence-electron chi connectivity index (χ4n) is 6.13. The number of rotatable bonds is 18. The number of aliphatic hydroxyl groups excluding tert-OH is 1. The molecule has 0 aromatic heterocycles. The summed E-state index contributed by atoms with van der Waals surface area (Å²) in [6.45, 7) is 7.93. The van der Waals surface area contributed by atoms with Crippen LogP contribution >= 0.6 is 0 Å². The van der Waals surface area contributed by atoms with Crippen molar-refractivity contribution in [3.05, 3.63) is 70.8 Å². The summed E-state index contributed by atoms with van der Waals surface area (Å²) in [6, 6.07) is 8.61. The van der Waals surface area contributed by atoms with E-state index < -0.39 is 80.5 Å². The van der Waals surface area contributed by atoms with Crippen LogP contribution in [-0.2, 0) is 38.8 Å². The van der Waals surface area contributed by atoms with Gasteiger partial charge < -0.3 is 21.1 Å². The average molecular weight is 693 g/mol. The van der Waals surface area contributed by atoms with E-state index in [1.807, 2.05) is 39.0 Å². The molecule has 1 heterocycles. The first kappa shape index (κ1) is 39.0. The Hall–Kier alpha value is -3.42. The Balaban J connectivity index is 2.01. The molecule has 1 aliphatic heterocycles. The molecule has 10 nitrogen and oxygen atoms in total. The van der Waals surface area contributed by atoms with E-state index in [9.17, 15) is 36.7 Å². The van der Waals surface area contributed by atoms with Gasteiger partial charge in [-0.3, -0.25) is 14.5 Å². The third kappa shape index (κ3) is 10.3. The predicted octanol–water partition coefficient (Wildman–Crippen LogP) is 4.12. The first-order chi connectivity index (χ1) is 22.5. The molecule has 4 N–H and O–H groups in total. The molecule has 1 aliphatic rings. The number of benzene rings is 2. The molecule has 3 atom stereocenters. The quantitative estimate of drug-likeness (QED) is 0.199. The monoisotopic (exact) mass is 692 g/mol. The van der Waals surface area contributed by atoms with Crippen molar-refractivity contribution in [2.24, 2.45) is 11.7 Å². The van der Waals surface area contributed by atoms with Gasteiger partial charge in [0.2, 0.25) is 5.91 Å². The van der Waals surface area contributed by atoms with Crippen LogP contribution in [0.4, 0.5) is 13.6 Å². The van der Waals surface area contributed by atoms with Gasteiger partial charge in [-0.2, -0.15) is 0 Å². The smallest absolute Gasteiger partial charge is 0.325 e. The third-order valence-electron chi connectivity index (χ3n) is 8.74. The normalized spacial score (nSPS) is 16.6. The molecular formula is C35H50F2N4O6S. The van der Waals surface area contributed by atoms with Crippen LogP contribution < -0.4 is 11.1 Å². The van der Waals surface area contributed by atoms with Crippen LogP contribution in [0.1, 0.15) is 77.0 Å². The number of sulfone groups is 1. The Morgan fingerprint density at radius 2 is 1.60 bits per heavy atom. The number of halogens is 2. The third-order valence-corrected chi connectivity index (χ3v) is 11.1. The van der Waals surface area contributed by atoms with Gasteiger partial charge in [-0.25, -0.2) is 22.0 Å². The molecule has 0 radical (unpaired) electrons. The second-order valence-electron chi connectivity index (χ2n) is 13.3. The van der Waals surface area contributed by atoms with E-state index in [4.69, 9.17) is 5.73 Å². The maximum Gasteiger partial charge on any atom is 0.325 e. The first-order valence-corrected chi connectivity index (χ1v) is 18.3.